The van der Waals surface area contributed by atoms with Gasteiger partial charge in [0.05, 0.1) is 25.9 Å². The van der Waals surface area contributed by atoms with Crippen molar-refractivity contribution in [2.45, 2.75) is 31.4 Å². The predicted octanol–water partition coefficient (Wildman–Crippen LogP) is 0.195. The summed E-state index contributed by atoms with van der Waals surface area (Å²) < 4.78 is 10.1. The van der Waals surface area contributed by atoms with Gasteiger partial charge >= 0.3 is 5.97 Å². The summed E-state index contributed by atoms with van der Waals surface area (Å²) >= 11 is 0. The molecule has 0 bridgehead atoms. The first kappa shape index (κ1) is 15.7. The van der Waals surface area contributed by atoms with E-state index in [1.165, 1.54) is 0 Å². The van der Waals surface area contributed by atoms with Crippen LogP contribution in [0.2, 0.25) is 0 Å². The second-order valence-electron chi connectivity index (χ2n) is 5.81. The fourth-order valence-electron chi connectivity index (χ4n) is 3.61. The number of methoxy groups -OCH3 is 1. The van der Waals surface area contributed by atoms with Gasteiger partial charge < -0.3 is 19.7 Å². The van der Waals surface area contributed by atoms with Crippen molar-refractivity contribution < 1.29 is 24.5 Å². The van der Waals surface area contributed by atoms with E-state index in [0.717, 1.165) is 25.8 Å². The van der Waals surface area contributed by atoms with Gasteiger partial charge in [0.1, 0.15) is 6.04 Å². The summed E-state index contributed by atoms with van der Waals surface area (Å²) in [5.74, 6) is -0.0151. The summed E-state index contributed by atoms with van der Waals surface area (Å²) in [5.41, 5.74) is 0. The van der Waals surface area contributed by atoms with Gasteiger partial charge in [-0.3, -0.25) is 9.69 Å². The molecule has 116 valence electrons. The molecule has 20 heavy (non-hydrogen) atoms. The highest BCUT2D eigenvalue weighted by atomic mass is 16.5. The van der Waals surface area contributed by atoms with Gasteiger partial charge in [-0.05, 0) is 24.7 Å². The van der Waals surface area contributed by atoms with Gasteiger partial charge in [0.2, 0.25) is 0 Å². The highest BCUT2D eigenvalue weighted by Crippen LogP contribution is 2.42. The third-order valence-corrected chi connectivity index (χ3v) is 4.43. The SMILES string of the molecule is COCCOCC(O)CN1CC2CCCC2C1C(=O)O. The first-order valence-corrected chi connectivity index (χ1v) is 7.35. The standard InChI is InChI=1S/C14H25NO5/c1-19-5-6-20-9-11(16)8-15-7-10-3-2-4-12(10)13(15)14(17)18/h10-13,16H,2-9H2,1H3,(H,17,18). The molecule has 2 N–H and O–H groups in total. The Balaban J connectivity index is 1.80. The van der Waals surface area contributed by atoms with Crippen molar-refractivity contribution in [2.75, 3.05) is 40.0 Å². The molecular formula is C14H25NO5. The number of hydrogen-bond donors (Lipinski definition) is 2. The minimum absolute atomic E-state index is 0.224. The van der Waals surface area contributed by atoms with Gasteiger partial charge in [-0.1, -0.05) is 6.42 Å². The number of carboxylic acids is 1. The lowest BCUT2D eigenvalue weighted by Gasteiger charge is -2.26. The number of β-amino-alcohol motifs (C(OH)–C–C–N with tert-alkyl or cyclic N) is 1. The normalized spacial score (nSPS) is 31.4. The zero-order chi connectivity index (χ0) is 14.5. The second-order valence-corrected chi connectivity index (χ2v) is 5.81. The number of carbonyl (C=O) groups is 1. The molecule has 0 aromatic heterocycles. The van der Waals surface area contributed by atoms with Crippen LogP contribution in [0.4, 0.5) is 0 Å². The van der Waals surface area contributed by atoms with E-state index in [4.69, 9.17) is 9.47 Å². The van der Waals surface area contributed by atoms with Gasteiger partial charge in [-0.2, -0.15) is 0 Å². The molecule has 4 unspecified atom stereocenters. The van der Waals surface area contributed by atoms with Crippen molar-refractivity contribution in [3.63, 3.8) is 0 Å². The Morgan fingerprint density at radius 2 is 2.20 bits per heavy atom. The fourth-order valence-corrected chi connectivity index (χ4v) is 3.61. The van der Waals surface area contributed by atoms with E-state index in [0.29, 0.717) is 25.7 Å². The number of fused-ring (bicyclic) bond motifs is 1. The molecule has 0 aromatic rings. The van der Waals surface area contributed by atoms with E-state index in [9.17, 15) is 15.0 Å². The van der Waals surface area contributed by atoms with Crippen molar-refractivity contribution in [3.05, 3.63) is 0 Å². The molecule has 4 atom stereocenters. The molecule has 0 radical (unpaired) electrons. The van der Waals surface area contributed by atoms with Gasteiger partial charge in [0.15, 0.2) is 0 Å². The average molecular weight is 287 g/mol. The summed E-state index contributed by atoms with van der Waals surface area (Å²) in [7, 11) is 1.60. The Bertz CT molecular complexity index is 325. The molecule has 2 fully saturated rings. The third kappa shape index (κ3) is 3.69. The quantitative estimate of drug-likeness (QED) is 0.621. The van der Waals surface area contributed by atoms with Crippen molar-refractivity contribution in [1.29, 1.82) is 0 Å². The van der Waals surface area contributed by atoms with Gasteiger partial charge in [-0.15, -0.1) is 0 Å². The zero-order valence-electron chi connectivity index (χ0n) is 12.0. The van der Waals surface area contributed by atoms with Crippen molar-refractivity contribution in [1.82, 2.24) is 4.90 Å². The number of nitrogens with zero attached hydrogens (tertiary/aromatic N) is 1. The molecule has 0 aromatic carbocycles. The Kier molecular flexibility index (Phi) is 5.77. The second kappa shape index (κ2) is 7.36. The van der Waals surface area contributed by atoms with E-state index in [-0.39, 0.29) is 12.5 Å². The number of hydrogen-bond acceptors (Lipinski definition) is 5. The van der Waals surface area contributed by atoms with Crippen LogP contribution in [-0.4, -0.2) is 73.2 Å². The third-order valence-electron chi connectivity index (χ3n) is 4.43. The van der Waals surface area contributed by atoms with E-state index < -0.39 is 18.1 Å². The predicted molar refractivity (Wildman–Crippen MR) is 72.5 cm³/mol. The Hall–Kier alpha value is -0.690. The van der Waals surface area contributed by atoms with Crippen molar-refractivity contribution >= 4 is 5.97 Å². The van der Waals surface area contributed by atoms with Crippen molar-refractivity contribution in [3.8, 4) is 0 Å². The molecule has 1 aliphatic heterocycles. The fraction of sp³-hybridized carbons (Fsp3) is 0.929. The largest absolute Gasteiger partial charge is 0.480 e. The highest BCUT2D eigenvalue weighted by Gasteiger charge is 2.47. The monoisotopic (exact) mass is 287 g/mol. The van der Waals surface area contributed by atoms with Crippen LogP contribution in [0.1, 0.15) is 19.3 Å². The molecule has 0 spiro atoms. The highest BCUT2D eigenvalue weighted by molar-refractivity contribution is 5.74. The van der Waals surface area contributed by atoms with E-state index in [2.05, 4.69) is 0 Å². The number of ether oxygens (including phenoxy) is 2. The van der Waals surface area contributed by atoms with Crippen LogP contribution in [-0.2, 0) is 14.3 Å². The minimum Gasteiger partial charge on any atom is -0.480 e. The lowest BCUT2D eigenvalue weighted by atomic mass is 9.94. The molecular weight excluding hydrogens is 262 g/mol. The number of aliphatic hydroxyl groups excluding tert-OH is 1. The number of aliphatic carboxylic acids is 1. The smallest absolute Gasteiger partial charge is 0.321 e. The molecule has 6 nitrogen and oxygen atoms in total. The van der Waals surface area contributed by atoms with Crippen LogP contribution in [0.3, 0.4) is 0 Å². The van der Waals surface area contributed by atoms with Crippen LogP contribution in [0.5, 0.6) is 0 Å². The zero-order valence-corrected chi connectivity index (χ0v) is 12.0. The average Bonchev–Trinajstić information content (AvgIpc) is 2.94. The van der Waals surface area contributed by atoms with Crippen LogP contribution in [0.15, 0.2) is 0 Å². The molecule has 2 aliphatic rings. The lowest BCUT2D eigenvalue weighted by Crippen LogP contribution is -2.44. The van der Waals surface area contributed by atoms with Crippen LogP contribution in [0, 0.1) is 11.8 Å². The molecule has 1 saturated heterocycles. The number of aliphatic hydroxyl groups is 1. The van der Waals surface area contributed by atoms with Gasteiger partial charge in [0.25, 0.3) is 0 Å². The van der Waals surface area contributed by atoms with Gasteiger partial charge in [-0.25, -0.2) is 0 Å². The topological polar surface area (TPSA) is 79.2 Å². The number of likely N-dealkylation sites (tertiary alicyclic amines) is 1. The van der Waals surface area contributed by atoms with E-state index in [1.807, 2.05) is 4.90 Å². The molecule has 1 heterocycles. The maximum atomic E-state index is 11.5. The molecule has 1 aliphatic carbocycles. The van der Waals surface area contributed by atoms with E-state index >= 15 is 0 Å². The summed E-state index contributed by atoms with van der Waals surface area (Å²) in [6.45, 7) is 2.33. The summed E-state index contributed by atoms with van der Waals surface area (Å²) in [6, 6.07) is -0.434. The Morgan fingerprint density at radius 3 is 2.90 bits per heavy atom. The number of carboxylic acid groups (broad SMARTS) is 1. The number of rotatable bonds is 8. The molecule has 2 rings (SSSR count). The first-order valence-electron chi connectivity index (χ1n) is 7.35. The summed E-state index contributed by atoms with van der Waals surface area (Å²) in [4.78, 5) is 13.4. The molecule has 1 saturated carbocycles. The Morgan fingerprint density at radius 1 is 1.40 bits per heavy atom. The summed E-state index contributed by atoms with van der Waals surface area (Å²) in [5, 5.41) is 19.4. The van der Waals surface area contributed by atoms with Gasteiger partial charge in [0, 0.05) is 20.2 Å². The molecule has 6 heteroatoms. The first-order chi connectivity index (χ1) is 9.63. The summed E-state index contributed by atoms with van der Waals surface area (Å²) in [6.07, 6.45) is 2.60. The Labute approximate surface area is 119 Å². The van der Waals surface area contributed by atoms with Crippen LogP contribution >= 0.6 is 0 Å². The molecule has 0 amide bonds. The van der Waals surface area contributed by atoms with Crippen molar-refractivity contribution in [2.24, 2.45) is 11.8 Å². The minimum atomic E-state index is -0.757. The van der Waals surface area contributed by atoms with Crippen LogP contribution < -0.4 is 0 Å². The maximum absolute atomic E-state index is 11.5. The van der Waals surface area contributed by atoms with E-state index in [1.54, 1.807) is 7.11 Å². The lowest BCUT2D eigenvalue weighted by molar-refractivity contribution is -0.144. The maximum Gasteiger partial charge on any atom is 0.321 e. The van der Waals surface area contributed by atoms with Crippen LogP contribution in [0.25, 0.3) is 0 Å².